The summed E-state index contributed by atoms with van der Waals surface area (Å²) >= 11 is 6.81. The van der Waals surface area contributed by atoms with Crippen molar-refractivity contribution in [3.8, 4) is 0 Å². The molecule has 3 rings (SSSR count). The van der Waals surface area contributed by atoms with Gasteiger partial charge in [0.25, 0.3) is 0 Å². The summed E-state index contributed by atoms with van der Waals surface area (Å²) in [6.07, 6.45) is 5.64. The Morgan fingerprint density at radius 2 is 1.71 bits per heavy atom. The molecule has 6 nitrogen and oxygen atoms in total. The zero-order chi connectivity index (χ0) is 20.1. The SMILES string of the molecule is CCCCCN1CC(N)C(N2CCC(C(=O)N3CCN(C)CC3)CC2)C(Cl)C1. The maximum atomic E-state index is 12.9. The van der Waals surface area contributed by atoms with Crippen LogP contribution < -0.4 is 5.73 Å². The molecule has 3 saturated heterocycles. The Kier molecular flexibility index (Phi) is 8.42. The quantitative estimate of drug-likeness (QED) is 0.525. The zero-order valence-corrected chi connectivity index (χ0v) is 18.6. The Balaban J connectivity index is 1.46. The van der Waals surface area contributed by atoms with Gasteiger partial charge in [0.2, 0.25) is 5.91 Å². The first-order valence-corrected chi connectivity index (χ1v) is 11.8. The molecule has 0 aromatic heterocycles. The summed E-state index contributed by atoms with van der Waals surface area (Å²) in [5, 5.41) is 0.0789. The van der Waals surface area contributed by atoms with Crippen LogP contribution in [0.1, 0.15) is 39.0 Å². The summed E-state index contributed by atoms with van der Waals surface area (Å²) < 4.78 is 0. The number of likely N-dealkylation sites (N-methyl/N-ethyl adjacent to an activating group) is 1. The lowest BCUT2D eigenvalue weighted by Gasteiger charge is -2.47. The molecule has 0 aromatic carbocycles. The number of carbonyl (C=O) groups excluding carboxylic acids is 1. The fourth-order valence-corrected chi connectivity index (χ4v) is 5.64. The van der Waals surface area contributed by atoms with Crippen LogP contribution in [0, 0.1) is 5.92 Å². The van der Waals surface area contributed by atoms with Crippen LogP contribution in [0.4, 0.5) is 0 Å². The van der Waals surface area contributed by atoms with E-state index in [0.29, 0.717) is 5.91 Å². The fraction of sp³-hybridized carbons (Fsp3) is 0.952. The largest absolute Gasteiger partial charge is 0.340 e. The highest BCUT2D eigenvalue weighted by Gasteiger charge is 2.40. The number of nitrogens with zero attached hydrogens (tertiary/aromatic N) is 4. The first kappa shape index (κ1) is 22.3. The summed E-state index contributed by atoms with van der Waals surface area (Å²) in [7, 11) is 2.13. The van der Waals surface area contributed by atoms with Crippen LogP contribution in [0.2, 0.25) is 0 Å². The Hall–Kier alpha value is -0.400. The molecule has 28 heavy (non-hydrogen) atoms. The standard InChI is InChI=1S/C21H40ClN5O/c1-3-4-5-8-25-15-18(22)20(19(23)16-25)26-9-6-17(7-10-26)21(28)27-13-11-24(2)12-14-27/h17-20H,3-16,23H2,1-2H3. The molecule has 3 unspecified atom stereocenters. The summed E-state index contributed by atoms with van der Waals surface area (Å²) in [6.45, 7) is 10.8. The van der Waals surface area contributed by atoms with E-state index in [0.717, 1.165) is 71.7 Å². The van der Waals surface area contributed by atoms with E-state index in [9.17, 15) is 4.79 Å². The van der Waals surface area contributed by atoms with Gasteiger partial charge in [0, 0.05) is 57.3 Å². The van der Waals surface area contributed by atoms with E-state index in [4.69, 9.17) is 17.3 Å². The van der Waals surface area contributed by atoms with Crippen molar-refractivity contribution in [2.45, 2.75) is 56.5 Å². The van der Waals surface area contributed by atoms with Crippen LogP contribution in [-0.2, 0) is 4.79 Å². The molecule has 162 valence electrons. The molecule has 7 heteroatoms. The van der Waals surface area contributed by atoms with Gasteiger partial charge in [-0.3, -0.25) is 9.69 Å². The number of nitrogens with two attached hydrogens (primary N) is 1. The van der Waals surface area contributed by atoms with Gasteiger partial charge in [-0.1, -0.05) is 19.8 Å². The first-order chi connectivity index (χ1) is 13.5. The minimum absolute atomic E-state index is 0.0789. The van der Waals surface area contributed by atoms with Gasteiger partial charge in [0.1, 0.15) is 0 Å². The van der Waals surface area contributed by atoms with Crippen LogP contribution in [0.25, 0.3) is 0 Å². The average molecular weight is 414 g/mol. The summed E-state index contributed by atoms with van der Waals surface area (Å²) in [5.74, 6) is 0.545. The van der Waals surface area contributed by atoms with Crippen LogP contribution in [-0.4, -0.2) is 109 Å². The molecule has 0 saturated carbocycles. The Labute approximate surface area is 176 Å². The lowest BCUT2D eigenvalue weighted by molar-refractivity contribution is -0.139. The predicted octanol–water partition coefficient (Wildman–Crippen LogP) is 1.28. The number of rotatable bonds is 6. The normalized spacial score (nSPS) is 32.0. The highest BCUT2D eigenvalue weighted by Crippen LogP contribution is 2.27. The fourth-order valence-electron chi connectivity index (χ4n) is 5.10. The number of alkyl halides is 1. The van der Waals surface area contributed by atoms with Gasteiger partial charge in [0.05, 0.1) is 5.38 Å². The molecule has 3 atom stereocenters. The summed E-state index contributed by atoms with van der Waals surface area (Å²) in [6, 6.07) is 0.339. The Morgan fingerprint density at radius 3 is 2.32 bits per heavy atom. The van der Waals surface area contributed by atoms with Crippen LogP contribution in [0.15, 0.2) is 0 Å². The number of halogens is 1. The van der Waals surface area contributed by atoms with E-state index in [1.807, 2.05) is 0 Å². The zero-order valence-electron chi connectivity index (χ0n) is 17.9. The molecule has 3 fully saturated rings. The van der Waals surface area contributed by atoms with Gasteiger partial charge in [-0.05, 0) is 45.9 Å². The van der Waals surface area contributed by atoms with Crippen LogP contribution in [0.5, 0.6) is 0 Å². The van der Waals surface area contributed by atoms with Crippen molar-refractivity contribution in [1.29, 1.82) is 0 Å². The smallest absolute Gasteiger partial charge is 0.225 e. The highest BCUT2D eigenvalue weighted by atomic mass is 35.5. The number of likely N-dealkylation sites (tertiary alicyclic amines) is 2. The third-order valence-electron chi connectivity index (χ3n) is 6.90. The van der Waals surface area contributed by atoms with Crippen molar-refractivity contribution in [2.75, 3.05) is 66.0 Å². The van der Waals surface area contributed by atoms with Gasteiger partial charge < -0.3 is 20.4 Å². The molecule has 3 aliphatic heterocycles. The lowest BCUT2D eigenvalue weighted by Crippen LogP contribution is -2.64. The number of carbonyl (C=O) groups is 1. The number of hydrogen-bond donors (Lipinski definition) is 1. The average Bonchev–Trinajstić information content (AvgIpc) is 2.68. The molecule has 3 heterocycles. The molecule has 0 spiro atoms. The molecule has 2 N–H and O–H groups in total. The molecule has 0 aromatic rings. The monoisotopic (exact) mass is 413 g/mol. The number of unbranched alkanes of at least 4 members (excludes halogenated alkanes) is 2. The maximum Gasteiger partial charge on any atom is 0.225 e. The summed E-state index contributed by atoms with van der Waals surface area (Å²) in [5.41, 5.74) is 6.57. The molecular weight excluding hydrogens is 374 g/mol. The topological polar surface area (TPSA) is 56.1 Å². The second kappa shape index (κ2) is 10.6. The van der Waals surface area contributed by atoms with Gasteiger partial charge in [0.15, 0.2) is 0 Å². The highest BCUT2D eigenvalue weighted by molar-refractivity contribution is 6.21. The summed E-state index contributed by atoms with van der Waals surface area (Å²) in [4.78, 5) is 22.2. The van der Waals surface area contributed by atoms with Crippen molar-refractivity contribution in [2.24, 2.45) is 11.7 Å². The molecule has 0 aliphatic carbocycles. The minimum atomic E-state index is 0.0789. The van der Waals surface area contributed by atoms with Crippen molar-refractivity contribution in [3.63, 3.8) is 0 Å². The number of hydrogen-bond acceptors (Lipinski definition) is 5. The van der Waals surface area contributed by atoms with Gasteiger partial charge in [-0.25, -0.2) is 0 Å². The number of piperazine rings is 1. The van der Waals surface area contributed by atoms with E-state index in [-0.39, 0.29) is 23.4 Å². The van der Waals surface area contributed by atoms with E-state index in [2.05, 4.69) is 33.6 Å². The van der Waals surface area contributed by atoms with Crippen molar-refractivity contribution in [1.82, 2.24) is 19.6 Å². The first-order valence-electron chi connectivity index (χ1n) is 11.3. The number of amides is 1. The minimum Gasteiger partial charge on any atom is -0.340 e. The van der Waals surface area contributed by atoms with E-state index >= 15 is 0 Å². The maximum absolute atomic E-state index is 12.9. The van der Waals surface area contributed by atoms with E-state index < -0.39 is 0 Å². The van der Waals surface area contributed by atoms with Gasteiger partial charge >= 0.3 is 0 Å². The van der Waals surface area contributed by atoms with Crippen LogP contribution >= 0.6 is 11.6 Å². The van der Waals surface area contributed by atoms with Gasteiger partial charge in [-0.2, -0.15) is 0 Å². The lowest BCUT2D eigenvalue weighted by atomic mass is 9.90. The van der Waals surface area contributed by atoms with E-state index in [1.165, 1.54) is 19.3 Å². The third kappa shape index (κ3) is 5.60. The van der Waals surface area contributed by atoms with Crippen molar-refractivity contribution in [3.05, 3.63) is 0 Å². The Bertz CT molecular complexity index is 479. The number of piperidine rings is 2. The molecular formula is C21H40ClN5O. The van der Waals surface area contributed by atoms with Crippen molar-refractivity contribution < 1.29 is 4.79 Å². The third-order valence-corrected chi connectivity index (χ3v) is 7.30. The molecule has 0 bridgehead atoms. The Morgan fingerprint density at radius 1 is 1.04 bits per heavy atom. The van der Waals surface area contributed by atoms with Crippen molar-refractivity contribution >= 4 is 17.5 Å². The molecule has 3 aliphatic rings. The molecule has 0 radical (unpaired) electrons. The second-order valence-corrected chi connectivity index (χ2v) is 9.64. The van der Waals surface area contributed by atoms with E-state index in [1.54, 1.807) is 0 Å². The second-order valence-electron chi connectivity index (χ2n) is 9.08. The van der Waals surface area contributed by atoms with Gasteiger partial charge in [-0.15, -0.1) is 11.6 Å². The predicted molar refractivity (Wildman–Crippen MR) is 116 cm³/mol. The molecule has 1 amide bonds. The van der Waals surface area contributed by atoms with Crippen LogP contribution in [0.3, 0.4) is 0 Å².